The highest BCUT2D eigenvalue weighted by Crippen LogP contribution is 2.35. The maximum atomic E-state index is 5.78. The summed E-state index contributed by atoms with van der Waals surface area (Å²) in [5.74, 6) is 0. The molecule has 0 atom stereocenters. The topological polar surface area (TPSA) is 25.0 Å². The lowest BCUT2D eigenvalue weighted by atomic mass is 9.92. The van der Waals surface area contributed by atoms with Crippen LogP contribution in [0.1, 0.15) is 16.8 Å². The number of aromatic amines is 1. The van der Waals surface area contributed by atoms with Gasteiger partial charge in [-0.05, 0) is 28.3 Å². The number of H-pyrrole nitrogens is 1. The van der Waals surface area contributed by atoms with Crippen LogP contribution >= 0.6 is 0 Å². The zero-order valence-corrected chi connectivity index (χ0v) is 15.1. The van der Waals surface area contributed by atoms with E-state index in [-0.39, 0.29) is 0 Å². The molecule has 0 saturated heterocycles. The number of hydrogen-bond donors (Lipinski definition) is 1. The molecule has 2 heterocycles. The van der Waals surface area contributed by atoms with Gasteiger partial charge in [-0.15, -0.1) is 0 Å². The Kier molecular flexibility index (Phi) is 4.11. The second-order valence-electron chi connectivity index (χ2n) is 6.91. The molecule has 27 heavy (non-hydrogen) atoms. The molecule has 0 spiro atoms. The molecule has 0 aliphatic carbocycles. The summed E-state index contributed by atoms with van der Waals surface area (Å²) >= 11 is 0. The highest BCUT2D eigenvalue weighted by atomic mass is 16.5. The first-order chi connectivity index (χ1) is 13.4. The molecule has 0 amide bonds. The molecular weight excluding hydrogens is 330 g/mol. The SMILES string of the molecule is C1=C(/c2ccc(-c3ccccc3)cc2)c2c([nH]c3ccccc23)CCOC/1. The Bertz CT molecular complexity index is 1100. The van der Waals surface area contributed by atoms with Crippen molar-refractivity contribution in [2.45, 2.75) is 6.42 Å². The molecule has 0 unspecified atom stereocenters. The average Bonchev–Trinajstić information content (AvgIpc) is 3.07. The van der Waals surface area contributed by atoms with E-state index in [0.29, 0.717) is 6.61 Å². The van der Waals surface area contributed by atoms with E-state index in [0.717, 1.165) is 13.0 Å². The van der Waals surface area contributed by atoms with Gasteiger partial charge in [0.1, 0.15) is 0 Å². The highest BCUT2D eigenvalue weighted by Gasteiger charge is 2.18. The molecule has 1 aliphatic heterocycles. The first-order valence-corrected chi connectivity index (χ1v) is 9.44. The summed E-state index contributed by atoms with van der Waals surface area (Å²) in [6, 6.07) is 27.9. The summed E-state index contributed by atoms with van der Waals surface area (Å²) in [5.41, 5.74) is 8.73. The van der Waals surface area contributed by atoms with Crippen LogP contribution in [0.2, 0.25) is 0 Å². The molecule has 0 radical (unpaired) electrons. The number of hydrogen-bond acceptors (Lipinski definition) is 1. The summed E-state index contributed by atoms with van der Waals surface area (Å²) in [6.45, 7) is 1.39. The number of nitrogens with one attached hydrogen (secondary N) is 1. The predicted molar refractivity (Wildman–Crippen MR) is 112 cm³/mol. The monoisotopic (exact) mass is 351 g/mol. The van der Waals surface area contributed by atoms with Crippen LogP contribution in [0.15, 0.2) is 84.9 Å². The predicted octanol–water partition coefficient (Wildman–Crippen LogP) is 5.84. The van der Waals surface area contributed by atoms with Gasteiger partial charge in [0.15, 0.2) is 0 Å². The van der Waals surface area contributed by atoms with Gasteiger partial charge in [-0.2, -0.15) is 0 Å². The van der Waals surface area contributed by atoms with E-state index in [9.17, 15) is 0 Å². The van der Waals surface area contributed by atoms with Gasteiger partial charge in [-0.3, -0.25) is 0 Å². The Hall–Kier alpha value is -3.10. The van der Waals surface area contributed by atoms with Gasteiger partial charge in [-0.1, -0.05) is 78.9 Å². The van der Waals surface area contributed by atoms with Crippen molar-refractivity contribution < 1.29 is 4.74 Å². The Morgan fingerprint density at radius 2 is 1.41 bits per heavy atom. The minimum atomic E-state index is 0.648. The van der Waals surface area contributed by atoms with E-state index >= 15 is 0 Å². The molecular formula is C25H21NO. The van der Waals surface area contributed by atoms with E-state index in [1.54, 1.807) is 0 Å². The molecule has 2 nitrogen and oxygen atoms in total. The molecule has 1 N–H and O–H groups in total. The number of para-hydroxylation sites is 1. The quantitative estimate of drug-likeness (QED) is 0.482. The Labute approximate surface area is 159 Å². The van der Waals surface area contributed by atoms with Gasteiger partial charge >= 0.3 is 0 Å². The summed E-state index contributed by atoms with van der Waals surface area (Å²) < 4.78 is 5.78. The van der Waals surface area contributed by atoms with Crippen LogP contribution in [-0.2, 0) is 11.2 Å². The van der Waals surface area contributed by atoms with Crippen molar-refractivity contribution >= 4 is 16.5 Å². The zero-order chi connectivity index (χ0) is 18.1. The fourth-order valence-electron chi connectivity index (χ4n) is 3.93. The van der Waals surface area contributed by atoms with Gasteiger partial charge in [0.05, 0.1) is 13.2 Å². The van der Waals surface area contributed by atoms with Crippen LogP contribution in [0.3, 0.4) is 0 Å². The summed E-state index contributed by atoms with van der Waals surface area (Å²) in [4.78, 5) is 3.60. The first kappa shape index (κ1) is 16.1. The van der Waals surface area contributed by atoms with Crippen molar-refractivity contribution in [3.63, 3.8) is 0 Å². The molecule has 0 saturated carbocycles. The Balaban J connectivity index is 1.62. The van der Waals surface area contributed by atoms with Crippen LogP contribution in [0.4, 0.5) is 0 Å². The summed E-state index contributed by atoms with van der Waals surface area (Å²) in [7, 11) is 0. The van der Waals surface area contributed by atoms with Gasteiger partial charge in [0.25, 0.3) is 0 Å². The van der Waals surface area contributed by atoms with Crippen LogP contribution in [0.5, 0.6) is 0 Å². The summed E-state index contributed by atoms with van der Waals surface area (Å²) in [6.07, 6.45) is 3.12. The van der Waals surface area contributed by atoms with E-state index in [1.165, 1.54) is 44.4 Å². The van der Waals surface area contributed by atoms with Crippen LogP contribution < -0.4 is 0 Å². The number of rotatable bonds is 2. The van der Waals surface area contributed by atoms with E-state index < -0.39 is 0 Å². The first-order valence-electron chi connectivity index (χ1n) is 9.44. The lowest BCUT2D eigenvalue weighted by Crippen LogP contribution is -2.06. The van der Waals surface area contributed by atoms with E-state index in [1.807, 2.05) is 0 Å². The third kappa shape index (κ3) is 2.98. The molecule has 0 fully saturated rings. The zero-order valence-electron chi connectivity index (χ0n) is 15.1. The van der Waals surface area contributed by atoms with Crippen molar-refractivity contribution in [1.82, 2.24) is 4.98 Å². The second kappa shape index (κ2) is 6.90. The molecule has 132 valence electrons. The number of fused-ring (bicyclic) bond motifs is 3. The third-order valence-electron chi connectivity index (χ3n) is 5.26. The van der Waals surface area contributed by atoms with Crippen LogP contribution in [-0.4, -0.2) is 18.2 Å². The van der Waals surface area contributed by atoms with Crippen molar-refractivity contribution in [3.05, 3.63) is 102 Å². The molecule has 1 aliphatic rings. The molecule has 5 rings (SSSR count). The maximum absolute atomic E-state index is 5.78. The number of benzene rings is 3. The second-order valence-corrected chi connectivity index (χ2v) is 6.91. The average molecular weight is 351 g/mol. The minimum absolute atomic E-state index is 0.648. The van der Waals surface area contributed by atoms with Gasteiger partial charge < -0.3 is 9.72 Å². The van der Waals surface area contributed by atoms with Gasteiger partial charge in [0, 0.05) is 28.6 Å². The lowest BCUT2D eigenvalue weighted by Gasteiger charge is -2.15. The van der Waals surface area contributed by atoms with Crippen LogP contribution in [0.25, 0.3) is 27.6 Å². The van der Waals surface area contributed by atoms with Crippen molar-refractivity contribution in [2.75, 3.05) is 13.2 Å². The van der Waals surface area contributed by atoms with E-state index in [2.05, 4.69) is 89.9 Å². The van der Waals surface area contributed by atoms with Gasteiger partial charge in [-0.25, -0.2) is 0 Å². The van der Waals surface area contributed by atoms with Crippen molar-refractivity contribution in [1.29, 1.82) is 0 Å². The summed E-state index contributed by atoms with van der Waals surface area (Å²) in [5, 5.41) is 1.28. The minimum Gasteiger partial charge on any atom is -0.377 e. The highest BCUT2D eigenvalue weighted by molar-refractivity contribution is 5.98. The smallest absolute Gasteiger partial charge is 0.0656 e. The Morgan fingerprint density at radius 1 is 0.704 bits per heavy atom. The standard InChI is InChI=1S/C25H21NO/c1-2-6-18(7-3-1)19-10-12-20(13-11-19)21-14-16-27-17-15-24-25(21)22-8-4-5-9-23(22)26-24/h1-14,26H,15-17H2/b21-14-. The van der Waals surface area contributed by atoms with Gasteiger partial charge in [0.2, 0.25) is 0 Å². The Morgan fingerprint density at radius 3 is 2.26 bits per heavy atom. The fraction of sp³-hybridized carbons (Fsp3) is 0.120. The van der Waals surface area contributed by atoms with Crippen molar-refractivity contribution in [3.8, 4) is 11.1 Å². The lowest BCUT2D eigenvalue weighted by molar-refractivity contribution is 0.164. The number of aromatic nitrogens is 1. The van der Waals surface area contributed by atoms with Crippen LogP contribution in [0, 0.1) is 0 Å². The third-order valence-corrected chi connectivity index (χ3v) is 5.26. The normalized spacial score (nSPS) is 16.2. The molecule has 2 heteroatoms. The molecule has 4 aromatic rings. The molecule has 3 aromatic carbocycles. The largest absolute Gasteiger partial charge is 0.377 e. The molecule has 1 aromatic heterocycles. The maximum Gasteiger partial charge on any atom is 0.0656 e. The van der Waals surface area contributed by atoms with E-state index in [4.69, 9.17) is 4.74 Å². The van der Waals surface area contributed by atoms with Crippen molar-refractivity contribution in [2.24, 2.45) is 0 Å². The fourth-order valence-corrected chi connectivity index (χ4v) is 3.93. The molecule has 0 bridgehead atoms. The number of ether oxygens (including phenoxy) is 1.